The van der Waals surface area contributed by atoms with Crippen molar-refractivity contribution in [2.45, 2.75) is 69.7 Å². The van der Waals surface area contributed by atoms with Gasteiger partial charge in [-0.25, -0.2) is 4.98 Å². The minimum atomic E-state index is 0.0576. The van der Waals surface area contributed by atoms with Crippen LogP contribution in [0.3, 0.4) is 0 Å². The lowest BCUT2D eigenvalue weighted by molar-refractivity contribution is 0.335. The predicted octanol–water partition coefficient (Wildman–Crippen LogP) is 2.84. The second kappa shape index (κ2) is 5.00. The summed E-state index contributed by atoms with van der Waals surface area (Å²) in [6.07, 6.45) is 10.0. The molecule has 0 bridgehead atoms. The van der Waals surface area contributed by atoms with E-state index in [9.17, 15) is 0 Å². The molecule has 0 radical (unpaired) electrons. The maximum absolute atomic E-state index is 4.84. The predicted molar refractivity (Wildman–Crippen MR) is 71.4 cm³/mol. The summed E-state index contributed by atoms with van der Waals surface area (Å²) in [5.41, 5.74) is 0.0576. The Bertz CT molecular complexity index is 386. The molecule has 0 spiro atoms. The van der Waals surface area contributed by atoms with Gasteiger partial charge in [-0.2, -0.15) is 5.10 Å². The summed E-state index contributed by atoms with van der Waals surface area (Å²) in [5, 5.41) is 11.4. The fourth-order valence-electron chi connectivity index (χ4n) is 3.62. The van der Waals surface area contributed by atoms with E-state index >= 15 is 0 Å². The van der Waals surface area contributed by atoms with E-state index in [1.54, 1.807) is 0 Å². The molecule has 0 amide bonds. The molecule has 4 heteroatoms. The normalized spacial score (nSPS) is 29.2. The van der Waals surface area contributed by atoms with E-state index in [1.807, 2.05) is 0 Å². The third-order valence-corrected chi connectivity index (χ3v) is 4.59. The molecule has 2 fully saturated rings. The van der Waals surface area contributed by atoms with Gasteiger partial charge in [-0.3, -0.25) is 5.10 Å². The zero-order valence-electron chi connectivity index (χ0n) is 11.3. The lowest BCUT2D eigenvalue weighted by atomic mass is 9.91. The molecule has 1 atom stereocenters. The van der Waals surface area contributed by atoms with Crippen LogP contribution in [0.2, 0.25) is 0 Å². The Morgan fingerprint density at radius 3 is 2.78 bits per heavy atom. The lowest BCUT2D eigenvalue weighted by Gasteiger charge is -2.25. The zero-order chi connectivity index (χ0) is 12.4. The first-order chi connectivity index (χ1) is 8.84. The minimum absolute atomic E-state index is 0.0576. The van der Waals surface area contributed by atoms with Gasteiger partial charge in [0.15, 0.2) is 5.82 Å². The van der Waals surface area contributed by atoms with Gasteiger partial charge in [-0.15, -0.1) is 0 Å². The molecule has 1 unspecified atom stereocenters. The van der Waals surface area contributed by atoms with Crippen LogP contribution in [0.1, 0.15) is 75.9 Å². The van der Waals surface area contributed by atoms with Crippen LogP contribution < -0.4 is 5.32 Å². The van der Waals surface area contributed by atoms with Crippen LogP contribution in [0.4, 0.5) is 0 Å². The Morgan fingerprint density at radius 1 is 1.28 bits per heavy atom. The van der Waals surface area contributed by atoms with Crippen LogP contribution in [0.15, 0.2) is 0 Å². The van der Waals surface area contributed by atoms with E-state index in [1.165, 1.54) is 44.9 Å². The summed E-state index contributed by atoms with van der Waals surface area (Å²) >= 11 is 0. The summed E-state index contributed by atoms with van der Waals surface area (Å²) < 4.78 is 0. The fourth-order valence-corrected chi connectivity index (χ4v) is 3.62. The average Bonchev–Trinajstić information content (AvgIpc) is 3.11. The van der Waals surface area contributed by atoms with Crippen LogP contribution in [-0.2, 0) is 5.54 Å². The number of nitrogens with zero attached hydrogens (tertiary/aromatic N) is 2. The van der Waals surface area contributed by atoms with Crippen molar-refractivity contribution in [1.29, 1.82) is 0 Å². The van der Waals surface area contributed by atoms with Crippen molar-refractivity contribution in [3.05, 3.63) is 11.6 Å². The fraction of sp³-hybridized carbons (Fsp3) is 0.857. The Hall–Kier alpha value is -0.900. The smallest absolute Gasteiger partial charge is 0.170 e. The highest BCUT2D eigenvalue weighted by Gasteiger charge is 2.38. The second-order valence-corrected chi connectivity index (χ2v) is 5.89. The highest BCUT2D eigenvalue weighted by atomic mass is 15.3. The maximum Gasteiger partial charge on any atom is 0.170 e. The van der Waals surface area contributed by atoms with Gasteiger partial charge in [0, 0.05) is 5.92 Å². The molecule has 2 aliphatic rings. The van der Waals surface area contributed by atoms with Crippen molar-refractivity contribution in [3.8, 4) is 0 Å². The number of aromatic amines is 1. The van der Waals surface area contributed by atoms with Gasteiger partial charge in [0.25, 0.3) is 0 Å². The van der Waals surface area contributed by atoms with E-state index in [0.717, 1.165) is 24.6 Å². The quantitative estimate of drug-likeness (QED) is 0.861. The van der Waals surface area contributed by atoms with Crippen molar-refractivity contribution in [3.63, 3.8) is 0 Å². The molecular formula is C14H24N4. The highest BCUT2D eigenvalue weighted by molar-refractivity contribution is 5.11. The van der Waals surface area contributed by atoms with Crippen LogP contribution in [-0.4, -0.2) is 21.7 Å². The Morgan fingerprint density at radius 2 is 2.11 bits per heavy atom. The number of rotatable bonds is 4. The number of H-pyrrole nitrogens is 1. The Kier molecular flexibility index (Phi) is 3.37. The molecular weight excluding hydrogens is 224 g/mol. The summed E-state index contributed by atoms with van der Waals surface area (Å²) in [6, 6.07) is 0. The average molecular weight is 248 g/mol. The van der Waals surface area contributed by atoms with Gasteiger partial charge >= 0.3 is 0 Å². The molecule has 1 aliphatic carbocycles. The number of nitrogens with one attached hydrogen (secondary N) is 2. The first-order valence-corrected chi connectivity index (χ1v) is 7.52. The van der Waals surface area contributed by atoms with Crippen molar-refractivity contribution < 1.29 is 0 Å². The zero-order valence-corrected chi connectivity index (χ0v) is 11.3. The topological polar surface area (TPSA) is 53.6 Å². The largest absolute Gasteiger partial charge is 0.305 e. The van der Waals surface area contributed by atoms with Gasteiger partial charge < -0.3 is 5.32 Å². The molecule has 4 nitrogen and oxygen atoms in total. The lowest BCUT2D eigenvalue weighted by Crippen LogP contribution is -2.37. The maximum atomic E-state index is 4.84. The van der Waals surface area contributed by atoms with E-state index in [0.29, 0.717) is 5.92 Å². The monoisotopic (exact) mass is 248 g/mol. The van der Waals surface area contributed by atoms with Crippen molar-refractivity contribution >= 4 is 0 Å². The van der Waals surface area contributed by atoms with Crippen LogP contribution in [0.25, 0.3) is 0 Å². The van der Waals surface area contributed by atoms with Gasteiger partial charge in [0.2, 0.25) is 0 Å². The van der Waals surface area contributed by atoms with Gasteiger partial charge in [0.05, 0.1) is 5.54 Å². The van der Waals surface area contributed by atoms with Crippen LogP contribution in [0, 0.1) is 0 Å². The van der Waals surface area contributed by atoms with Gasteiger partial charge in [-0.05, 0) is 38.6 Å². The molecule has 1 saturated carbocycles. The van der Waals surface area contributed by atoms with E-state index < -0.39 is 0 Å². The second-order valence-electron chi connectivity index (χ2n) is 5.89. The van der Waals surface area contributed by atoms with Crippen molar-refractivity contribution in [2.75, 3.05) is 6.54 Å². The molecule has 3 rings (SSSR count). The molecule has 2 heterocycles. The Labute approximate surface area is 109 Å². The number of hydrogen-bond donors (Lipinski definition) is 2. The van der Waals surface area contributed by atoms with Crippen LogP contribution in [0.5, 0.6) is 0 Å². The Balaban J connectivity index is 1.82. The van der Waals surface area contributed by atoms with Gasteiger partial charge in [-0.1, -0.05) is 26.2 Å². The van der Waals surface area contributed by atoms with E-state index in [4.69, 9.17) is 4.98 Å². The summed E-state index contributed by atoms with van der Waals surface area (Å²) in [4.78, 5) is 4.84. The summed E-state index contributed by atoms with van der Waals surface area (Å²) in [6.45, 7) is 3.35. The summed E-state index contributed by atoms with van der Waals surface area (Å²) in [7, 11) is 0. The third kappa shape index (κ3) is 2.07. The summed E-state index contributed by atoms with van der Waals surface area (Å²) in [5.74, 6) is 2.78. The molecule has 1 aromatic rings. The van der Waals surface area contributed by atoms with Gasteiger partial charge in [0.1, 0.15) is 5.82 Å². The van der Waals surface area contributed by atoms with Crippen molar-refractivity contribution in [2.24, 2.45) is 0 Å². The molecule has 100 valence electrons. The molecule has 0 aromatic carbocycles. The van der Waals surface area contributed by atoms with E-state index in [2.05, 4.69) is 22.4 Å². The number of aromatic nitrogens is 3. The highest BCUT2D eigenvalue weighted by Crippen LogP contribution is 2.36. The first-order valence-electron chi connectivity index (χ1n) is 7.52. The van der Waals surface area contributed by atoms with Crippen LogP contribution >= 0.6 is 0 Å². The minimum Gasteiger partial charge on any atom is -0.305 e. The van der Waals surface area contributed by atoms with Crippen molar-refractivity contribution in [1.82, 2.24) is 20.5 Å². The molecule has 1 aromatic heterocycles. The molecule has 2 N–H and O–H groups in total. The standard InChI is InChI=1S/C14H24N4/c1-2-8-14(9-5-10-15-14)13-16-12(17-18-13)11-6-3-4-7-11/h11,15H,2-10H2,1H3,(H,16,17,18). The first kappa shape index (κ1) is 12.2. The molecule has 1 saturated heterocycles. The van der Waals surface area contributed by atoms with E-state index in [-0.39, 0.29) is 5.54 Å². The SMILES string of the molecule is CCCC1(c2n[nH]c(C3CCCC3)n2)CCCN1. The third-order valence-electron chi connectivity index (χ3n) is 4.59. The molecule has 1 aliphatic heterocycles. The number of hydrogen-bond acceptors (Lipinski definition) is 3. The molecule has 18 heavy (non-hydrogen) atoms.